The van der Waals surface area contributed by atoms with Crippen molar-refractivity contribution in [3.8, 4) is 0 Å². The Bertz CT molecular complexity index is 475. The smallest absolute Gasteiger partial charge is 0.211 e. The van der Waals surface area contributed by atoms with Gasteiger partial charge >= 0.3 is 0 Å². The number of Topliss-reactive ketones (excluding diaryl/α,β-unsaturated/α-hetero) is 2. The highest BCUT2D eigenvalue weighted by molar-refractivity contribution is 6.13. The minimum absolute atomic E-state index is 0.0532. The zero-order valence-corrected chi connectivity index (χ0v) is 12.1. The van der Waals surface area contributed by atoms with Crippen LogP contribution in [0.15, 0.2) is 12.2 Å². The number of hydrogen-bond donors (Lipinski definition) is 1. The number of hydrogen-bond acceptors (Lipinski definition) is 4. The number of aliphatic hydroxyl groups is 1. The molecule has 0 aromatic rings. The molecule has 1 aliphatic heterocycles. The number of ether oxygens (including phenoxy) is 1. The fraction of sp³-hybridized carbons (Fsp3) is 0.750. The maximum absolute atomic E-state index is 12.7. The van der Waals surface area contributed by atoms with E-state index in [0.29, 0.717) is 5.92 Å². The molecule has 4 nitrogen and oxygen atoms in total. The first kappa shape index (κ1) is 14.0. The van der Waals surface area contributed by atoms with Crippen LogP contribution in [0.5, 0.6) is 0 Å². The van der Waals surface area contributed by atoms with Gasteiger partial charge in [0.1, 0.15) is 0 Å². The molecule has 110 valence electrons. The van der Waals surface area contributed by atoms with E-state index in [1.54, 1.807) is 6.08 Å². The summed E-state index contributed by atoms with van der Waals surface area (Å²) in [4.78, 5) is 24.9. The molecule has 0 spiro atoms. The molecule has 2 aliphatic carbocycles. The SMILES string of the molecule is CC(C)C=CC1C(=O)CC2(O)OC2(C2CCCC2)C1=O. The fourth-order valence-corrected chi connectivity index (χ4v) is 3.84. The van der Waals surface area contributed by atoms with Gasteiger partial charge < -0.3 is 9.84 Å². The summed E-state index contributed by atoms with van der Waals surface area (Å²) in [6.07, 6.45) is 7.48. The lowest BCUT2D eigenvalue weighted by Crippen LogP contribution is -2.50. The lowest BCUT2D eigenvalue weighted by atomic mass is 9.70. The summed E-state index contributed by atoms with van der Waals surface area (Å²) in [6.45, 7) is 4.01. The summed E-state index contributed by atoms with van der Waals surface area (Å²) in [5, 5.41) is 10.4. The monoisotopic (exact) mass is 278 g/mol. The molecule has 2 saturated carbocycles. The van der Waals surface area contributed by atoms with Crippen molar-refractivity contribution in [3.63, 3.8) is 0 Å². The predicted octanol–water partition coefficient (Wildman–Crippen LogP) is 2.00. The molecule has 0 amide bonds. The Morgan fingerprint density at radius 3 is 2.55 bits per heavy atom. The summed E-state index contributed by atoms with van der Waals surface area (Å²) >= 11 is 0. The summed E-state index contributed by atoms with van der Waals surface area (Å²) in [6, 6.07) is 0. The van der Waals surface area contributed by atoms with Crippen LogP contribution in [0, 0.1) is 17.8 Å². The number of allylic oxidation sites excluding steroid dienone is 2. The first-order chi connectivity index (χ1) is 9.41. The molecule has 3 fully saturated rings. The van der Waals surface area contributed by atoms with Crippen molar-refractivity contribution in [3.05, 3.63) is 12.2 Å². The van der Waals surface area contributed by atoms with Gasteiger partial charge in [-0.3, -0.25) is 9.59 Å². The standard InChI is InChI=1S/C16H22O4/c1-10(2)7-8-12-13(17)9-15(19)16(20-15,14(12)18)11-5-3-4-6-11/h7-8,10-12,19H,3-6,9H2,1-2H3. The van der Waals surface area contributed by atoms with E-state index in [2.05, 4.69) is 0 Å². The Morgan fingerprint density at radius 1 is 1.30 bits per heavy atom. The van der Waals surface area contributed by atoms with Gasteiger partial charge in [-0.25, -0.2) is 0 Å². The second-order valence-electron chi connectivity index (χ2n) is 6.72. The molecule has 1 N–H and O–H groups in total. The molecule has 3 rings (SSSR count). The van der Waals surface area contributed by atoms with Crippen LogP contribution in [-0.4, -0.2) is 28.1 Å². The molecule has 1 saturated heterocycles. The molecule has 4 heteroatoms. The topological polar surface area (TPSA) is 66.9 Å². The van der Waals surface area contributed by atoms with Crippen molar-refractivity contribution in [1.82, 2.24) is 0 Å². The maximum Gasteiger partial charge on any atom is 0.211 e. The van der Waals surface area contributed by atoms with Gasteiger partial charge in [-0.1, -0.05) is 38.8 Å². The van der Waals surface area contributed by atoms with E-state index in [0.717, 1.165) is 25.7 Å². The second kappa shape index (κ2) is 4.50. The van der Waals surface area contributed by atoms with Crippen molar-refractivity contribution in [1.29, 1.82) is 0 Å². The van der Waals surface area contributed by atoms with E-state index in [1.807, 2.05) is 19.9 Å². The van der Waals surface area contributed by atoms with Gasteiger partial charge in [0.05, 0.1) is 12.3 Å². The van der Waals surface area contributed by atoms with Gasteiger partial charge in [0.15, 0.2) is 17.2 Å². The van der Waals surface area contributed by atoms with E-state index < -0.39 is 17.3 Å². The third-order valence-corrected chi connectivity index (χ3v) is 4.90. The van der Waals surface area contributed by atoms with Crippen molar-refractivity contribution < 1.29 is 19.4 Å². The first-order valence-corrected chi connectivity index (χ1v) is 7.58. The van der Waals surface area contributed by atoms with Crippen LogP contribution in [0.2, 0.25) is 0 Å². The Balaban J connectivity index is 1.89. The molecule has 3 atom stereocenters. The van der Waals surface area contributed by atoms with E-state index in [-0.39, 0.29) is 23.9 Å². The third-order valence-electron chi connectivity index (χ3n) is 4.90. The number of rotatable bonds is 3. The molecular weight excluding hydrogens is 256 g/mol. The lowest BCUT2D eigenvalue weighted by Gasteiger charge is -2.28. The van der Waals surface area contributed by atoms with Crippen molar-refractivity contribution in [2.45, 2.75) is 57.3 Å². The molecular formula is C16H22O4. The van der Waals surface area contributed by atoms with Gasteiger partial charge in [-0.2, -0.15) is 0 Å². The van der Waals surface area contributed by atoms with E-state index in [9.17, 15) is 14.7 Å². The lowest BCUT2D eigenvalue weighted by molar-refractivity contribution is -0.140. The van der Waals surface area contributed by atoms with Gasteiger partial charge in [-0.05, 0) is 18.8 Å². The number of carbonyl (C=O) groups excluding carboxylic acids is 2. The number of ketones is 2. The van der Waals surface area contributed by atoms with Crippen LogP contribution >= 0.6 is 0 Å². The average molecular weight is 278 g/mol. The summed E-state index contributed by atoms with van der Waals surface area (Å²) < 4.78 is 5.51. The van der Waals surface area contributed by atoms with E-state index in [4.69, 9.17) is 4.74 Å². The molecule has 0 radical (unpaired) electrons. The molecule has 20 heavy (non-hydrogen) atoms. The molecule has 3 aliphatic rings. The molecule has 0 bridgehead atoms. The normalized spacial score (nSPS) is 41.7. The predicted molar refractivity (Wildman–Crippen MR) is 72.8 cm³/mol. The zero-order valence-electron chi connectivity index (χ0n) is 12.1. The Hall–Kier alpha value is -1.00. The van der Waals surface area contributed by atoms with Crippen molar-refractivity contribution >= 4 is 11.6 Å². The zero-order chi connectivity index (χ0) is 14.5. The largest absolute Gasteiger partial charge is 0.362 e. The molecule has 1 heterocycles. The Kier molecular flexibility index (Phi) is 3.14. The number of fused-ring (bicyclic) bond motifs is 1. The summed E-state index contributed by atoms with van der Waals surface area (Å²) in [5.41, 5.74) is -1.09. The van der Waals surface area contributed by atoms with Gasteiger partial charge in [-0.15, -0.1) is 0 Å². The minimum Gasteiger partial charge on any atom is -0.362 e. The van der Waals surface area contributed by atoms with Crippen LogP contribution in [0.1, 0.15) is 46.0 Å². The Morgan fingerprint density at radius 2 is 1.95 bits per heavy atom. The highest BCUT2D eigenvalue weighted by atomic mass is 16.8. The quantitative estimate of drug-likeness (QED) is 0.487. The van der Waals surface area contributed by atoms with Gasteiger partial charge in [0, 0.05) is 5.92 Å². The number of carbonyl (C=O) groups is 2. The van der Waals surface area contributed by atoms with Crippen molar-refractivity contribution in [2.75, 3.05) is 0 Å². The van der Waals surface area contributed by atoms with Gasteiger partial charge in [0.2, 0.25) is 5.79 Å². The summed E-state index contributed by atoms with van der Waals surface area (Å²) in [7, 11) is 0. The molecule has 3 unspecified atom stereocenters. The van der Waals surface area contributed by atoms with Gasteiger partial charge in [0.25, 0.3) is 0 Å². The molecule has 0 aromatic heterocycles. The van der Waals surface area contributed by atoms with Crippen LogP contribution in [-0.2, 0) is 14.3 Å². The maximum atomic E-state index is 12.7. The molecule has 0 aromatic carbocycles. The third kappa shape index (κ3) is 1.81. The highest BCUT2D eigenvalue weighted by Gasteiger charge is 2.80. The minimum atomic E-state index is -1.52. The average Bonchev–Trinajstić information content (AvgIpc) is 2.76. The van der Waals surface area contributed by atoms with Crippen molar-refractivity contribution in [2.24, 2.45) is 17.8 Å². The fourth-order valence-electron chi connectivity index (χ4n) is 3.84. The highest BCUT2D eigenvalue weighted by Crippen LogP contribution is 2.61. The number of epoxide rings is 1. The Labute approximate surface area is 119 Å². The van der Waals surface area contributed by atoms with Crippen LogP contribution in [0.25, 0.3) is 0 Å². The van der Waals surface area contributed by atoms with E-state index in [1.165, 1.54) is 0 Å². The summed E-state index contributed by atoms with van der Waals surface area (Å²) in [5.74, 6) is -2.33. The van der Waals surface area contributed by atoms with Crippen LogP contribution in [0.3, 0.4) is 0 Å². The van der Waals surface area contributed by atoms with E-state index >= 15 is 0 Å². The van der Waals surface area contributed by atoms with Crippen LogP contribution < -0.4 is 0 Å². The van der Waals surface area contributed by atoms with Crippen LogP contribution in [0.4, 0.5) is 0 Å². The second-order valence-corrected chi connectivity index (χ2v) is 6.72. The first-order valence-electron chi connectivity index (χ1n) is 7.58.